The first kappa shape index (κ1) is 14.3. The first-order valence-electron chi connectivity index (χ1n) is 6.20. The van der Waals surface area contributed by atoms with Gasteiger partial charge < -0.3 is 15.3 Å². The molecule has 2 heterocycles. The number of rotatable bonds is 3. The molecule has 0 bridgehead atoms. The number of hydrogen-bond donors (Lipinski definition) is 3. The van der Waals surface area contributed by atoms with Crippen molar-refractivity contribution in [2.75, 3.05) is 18.4 Å². The van der Waals surface area contributed by atoms with Gasteiger partial charge in [0.15, 0.2) is 0 Å². The molecule has 108 valence electrons. The minimum Gasteiger partial charge on any atom is -0.478 e. The van der Waals surface area contributed by atoms with Crippen LogP contribution in [-0.2, 0) is 4.79 Å². The molecule has 7 nitrogen and oxygen atoms in total. The number of carbonyl (C=O) groups excluding carboxylic acids is 2. The lowest BCUT2D eigenvalue weighted by molar-refractivity contribution is -0.127. The number of aromatic carboxylic acids is 1. The summed E-state index contributed by atoms with van der Waals surface area (Å²) in [5.74, 6) is -1.27. The van der Waals surface area contributed by atoms with E-state index in [0.717, 1.165) is 11.3 Å². The van der Waals surface area contributed by atoms with Crippen molar-refractivity contribution in [3.8, 4) is 0 Å². The first-order valence-corrected chi connectivity index (χ1v) is 7.08. The number of urea groups is 1. The molecule has 1 aromatic rings. The number of carboxylic acids is 1. The standard InChI is InChI=1S/C12H15N3O4S/c1-2-8-9(16)13-4-5-15(8)12(19)14-10-7(11(17)18)3-6-20-10/h3,6,8H,2,4-5H2,1H3,(H,13,16)(H,14,19)(H,17,18). The second-order valence-electron chi connectivity index (χ2n) is 4.31. The van der Waals surface area contributed by atoms with Gasteiger partial charge in [0, 0.05) is 13.1 Å². The van der Waals surface area contributed by atoms with Crippen LogP contribution in [0, 0.1) is 0 Å². The number of amides is 3. The number of nitrogens with one attached hydrogen (secondary N) is 2. The van der Waals surface area contributed by atoms with Gasteiger partial charge >= 0.3 is 12.0 Å². The van der Waals surface area contributed by atoms with Gasteiger partial charge in [-0.2, -0.15) is 0 Å². The predicted molar refractivity (Wildman–Crippen MR) is 74.1 cm³/mol. The van der Waals surface area contributed by atoms with Crippen LogP contribution in [0.3, 0.4) is 0 Å². The van der Waals surface area contributed by atoms with E-state index in [-0.39, 0.29) is 16.5 Å². The van der Waals surface area contributed by atoms with Crippen LogP contribution in [0.5, 0.6) is 0 Å². The van der Waals surface area contributed by atoms with Crippen LogP contribution in [-0.4, -0.2) is 47.0 Å². The van der Waals surface area contributed by atoms with Gasteiger partial charge in [-0.3, -0.25) is 10.1 Å². The monoisotopic (exact) mass is 297 g/mol. The lowest BCUT2D eigenvalue weighted by Gasteiger charge is -2.34. The molecule has 1 aliphatic rings. The van der Waals surface area contributed by atoms with E-state index >= 15 is 0 Å². The Morgan fingerprint density at radius 2 is 2.35 bits per heavy atom. The number of carbonyl (C=O) groups is 3. The zero-order chi connectivity index (χ0) is 14.7. The van der Waals surface area contributed by atoms with E-state index in [1.54, 1.807) is 5.38 Å². The van der Waals surface area contributed by atoms with Crippen molar-refractivity contribution >= 4 is 34.2 Å². The highest BCUT2D eigenvalue weighted by atomic mass is 32.1. The minimum absolute atomic E-state index is 0.0536. The zero-order valence-electron chi connectivity index (χ0n) is 10.9. The fourth-order valence-corrected chi connectivity index (χ4v) is 2.88. The van der Waals surface area contributed by atoms with Crippen LogP contribution in [0.1, 0.15) is 23.7 Å². The van der Waals surface area contributed by atoms with Crippen molar-refractivity contribution in [2.45, 2.75) is 19.4 Å². The van der Waals surface area contributed by atoms with Gasteiger partial charge in [-0.25, -0.2) is 9.59 Å². The molecule has 3 N–H and O–H groups in total. The summed E-state index contributed by atoms with van der Waals surface area (Å²) in [6.45, 7) is 2.63. The summed E-state index contributed by atoms with van der Waals surface area (Å²) in [5, 5.41) is 16.1. The van der Waals surface area contributed by atoms with Gasteiger partial charge in [0.25, 0.3) is 0 Å². The van der Waals surface area contributed by atoms with Crippen LogP contribution in [0.2, 0.25) is 0 Å². The third kappa shape index (κ3) is 2.74. The molecule has 0 aliphatic carbocycles. The molecule has 1 unspecified atom stereocenters. The Kier molecular flexibility index (Phi) is 4.23. The number of nitrogens with zero attached hydrogens (tertiary/aromatic N) is 1. The molecule has 1 aliphatic heterocycles. The molecule has 1 aromatic heterocycles. The van der Waals surface area contributed by atoms with Gasteiger partial charge in [-0.15, -0.1) is 11.3 Å². The Morgan fingerprint density at radius 3 is 3.00 bits per heavy atom. The van der Waals surface area contributed by atoms with Crippen molar-refractivity contribution < 1.29 is 19.5 Å². The molecule has 1 saturated heterocycles. The summed E-state index contributed by atoms with van der Waals surface area (Å²) in [7, 11) is 0. The zero-order valence-corrected chi connectivity index (χ0v) is 11.7. The number of anilines is 1. The third-order valence-corrected chi connectivity index (χ3v) is 3.92. The maximum Gasteiger partial charge on any atom is 0.338 e. The fourth-order valence-electron chi connectivity index (χ4n) is 2.11. The van der Waals surface area contributed by atoms with Gasteiger partial charge in [0.1, 0.15) is 11.0 Å². The first-order chi connectivity index (χ1) is 9.54. The Bertz CT molecular complexity index is 543. The maximum absolute atomic E-state index is 12.2. The average Bonchev–Trinajstić information content (AvgIpc) is 2.86. The molecule has 1 atom stereocenters. The highest BCUT2D eigenvalue weighted by Gasteiger charge is 2.32. The lowest BCUT2D eigenvalue weighted by atomic mass is 10.1. The van der Waals surface area contributed by atoms with E-state index < -0.39 is 18.0 Å². The number of thiophene rings is 1. The van der Waals surface area contributed by atoms with E-state index in [0.29, 0.717) is 19.5 Å². The van der Waals surface area contributed by atoms with Crippen LogP contribution >= 0.6 is 11.3 Å². The van der Waals surface area contributed by atoms with E-state index in [2.05, 4.69) is 10.6 Å². The molecule has 20 heavy (non-hydrogen) atoms. The lowest BCUT2D eigenvalue weighted by Crippen LogP contribution is -2.57. The summed E-state index contributed by atoms with van der Waals surface area (Å²) in [4.78, 5) is 36.3. The number of hydrogen-bond acceptors (Lipinski definition) is 4. The molecule has 2 rings (SSSR count). The molecule has 1 fully saturated rings. The third-order valence-electron chi connectivity index (χ3n) is 3.09. The molecule has 0 radical (unpaired) electrons. The molecular weight excluding hydrogens is 282 g/mol. The van der Waals surface area contributed by atoms with Gasteiger partial charge in [0.05, 0.1) is 5.56 Å². The smallest absolute Gasteiger partial charge is 0.338 e. The number of piperazine rings is 1. The maximum atomic E-state index is 12.2. The van der Waals surface area contributed by atoms with E-state index in [1.165, 1.54) is 11.0 Å². The Labute approximate surface area is 119 Å². The van der Waals surface area contributed by atoms with Crippen LogP contribution in [0.15, 0.2) is 11.4 Å². The highest BCUT2D eigenvalue weighted by Crippen LogP contribution is 2.24. The van der Waals surface area contributed by atoms with Gasteiger partial charge in [-0.1, -0.05) is 6.92 Å². The van der Waals surface area contributed by atoms with Crippen LogP contribution < -0.4 is 10.6 Å². The SMILES string of the molecule is CCC1C(=O)NCCN1C(=O)Nc1sccc1C(=O)O. The van der Waals surface area contributed by atoms with Gasteiger partial charge in [0.2, 0.25) is 5.91 Å². The van der Waals surface area contributed by atoms with Crippen molar-refractivity contribution in [1.82, 2.24) is 10.2 Å². The van der Waals surface area contributed by atoms with Crippen LogP contribution in [0.4, 0.5) is 9.80 Å². The molecule has 0 saturated carbocycles. The van der Waals surface area contributed by atoms with Crippen molar-refractivity contribution in [3.63, 3.8) is 0 Å². The summed E-state index contributed by atoms with van der Waals surface area (Å²) in [6, 6.07) is 0.469. The predicted octanol–water partition coefficient (Wildman–Crippen LogP) is 1.19. The van der Waals surface area contributed by atoms with Crippen molar-refractivity contribution in [1.29, 1.82) is 0 Å². The van der Waals surface area contributed by atoms with Crippen molar-refractivity contribution in [2.24, 2.45) is 0 Å². The minimum atomic E-state index is -1.09. The Morgan fingerprint density at radius 1 is 1.60 bits per heavy atom. The Balaban J connectivity index is 2.12. The normalized spacial score (nSPS) is 18.6. The fraction of sp³-hybridized carbons (Fsp3) is 0.417. The number of carboxylic acid groups (broad SMARTS) is 1. The van der Waals surface area contributed by atoms with Crippen molar-refractivity contribution in [3.05, 3.63) is 17.0 Å². The highest BCUT2D eigenvalue weighted by molar-refractivity contribution is 7.14. The Hall–Kier alpha value is -2.09. The second kappa shape index (κ2) is 5.91. The van der Waals surface area contributed by atoms with E-state index in [9.17, 15) is 14.4 Å². The molecule has 3 amide bonds. The quantitative estimate of drug-likeness (QED) is 0.780. The largest absolute Gasteiger partial charge is 0.478 e. The second-order valence-corrected chi connectivity index (χ2v) is 5.22. The molecule has 0 aromatic carbocycles. The summed E-state index contributed by atoms with van der Waals surface area (Å²) in [5.41, 5.74) is 0.0536. The van der Waals surface area contributed by atoms with Gasteiger partial charge in [-0.05, 0) is 17.9 Å². The van der Waals surface area contributed by atoms with E-state index in [1.807, 2.05) is 6.92 Å². The molecule has 8 heteroatoms. The summed E-state index contributed by atoms with van der Waals surface area (Å²) < 4.78 is 0. The average molecular weight is 297 g/mol. The van der Waals surface area contributed by atoms with E-state index in [4.69, 9.17) is 5.11 Å². The van der Waals surface area contributed by atoms with Crippen LogP contribution in [0.25, 0.3) is 0 Å². The summed E-state index contributed by atoms with van der Waals surface area (Å²) >= 11 is 1.14. The molecular formula is C12H15N3O4S. The summed E-state index contributed by atoms with van der Waals surface area (Å²) in [6.07, 6.45) is 0.509. The topological polar surface area (TPSA) is 98.7 Å². The molecule has 0 spiro atoms.